The lowest BCUT2D eigenvalue weighted by atomic mass is 9.84. The Morgan fingerprint density at radius 3 is 2.39 bits per heavy atom. The van der Waals surface area contributed by atoms with Gasteiger partial charge < -0.3 is 35.4 Å². The average Bonchev–Trinajstić information content (AvgIpc) is 3.94. The second-order valence-corrected chi connectivity index (χ2v) is 26.4. The third-order valence-electron chi connectivity index (χ3n) is 16.4. The molecule has 4 aliphatic rings. The van der Waals surface area contributed by atoms with Gasteiger partial charge in [-0.1, -0.05) is 92.5 Å². The summed E-state index contributed by atoms with van der Waals surface area (Å²) in [6, 6.07) is 27.8. The van der Waals surface area contributed by atoms with Crippen LogP contribution in [0.1, 0.15) is 100 Å². The number of β-amino-alcohol motifs (C(OH)–C–C–N with tert-alkyl or cyclic N) is 1. The number of fused-ring (bicyclic) bond motifs is 2. The van der Waals surface area contributed by atoms with E-state index in [1.54, 1.807) is 11.3 Å². The molecule has 18 nitrogen and oxygen atoms in total. The minimum absolute atomic E-state index is 0.0204. The van der Waals surface area contributed by atoms with Crippen LogP contribution in [-0.2, 0) is 40.3 Å². The van der Waals surface area contributed by atoms with Crippen molar-refractivity contribution < 1.29 is 38.9 Å². The number of carboxylic acid groups (broad SMARTS) is 1. The number of aromatic carboxylic acids is 1. The Hall–Kier alpha value is -7.58. The number of rotatable bonds is 18. The van der Waals surface area contributed by atoms with E-state index in [4.69, 9.17) is 4.74 Å². The fourth-order valence-electron chi connectivity index (χ4n) is 11.6. The zero-order valence-corrected chi connectivity index (χ0v) is 50.6. The normalized spacial score (nSPS) is 18.0. The molecule has 0 radical (unpaired) electrons. The van der Waals surface area contributed by atoms with Gasteiger partial charge in [-0.25, -0.2) is 19.7 Å². The molecule has 5 N–H and O–H groups in total. The predicted molar refractivity (Wildman–Crippen MR) is 331 cm³/mol. The van der Waals surface area contributed by atoms with E-state index >= 15 is 0 Å². The first-order valence-electron chi connectivity index (χ1n) is 29.0. The third-order valence-corrected chi connectivity index (χ3v) is 19.6. The molecule has 0 spiro atoms. The minimum atomic E-state index is -1.07. The number of hydrogen-bond acceptors (Lipinski definition) is 16. The molecule has 0 aliphatic carbocycles. The number of carbonyl (C=O) groups is 5. The van der Waals surface area contributed by atoms with Crippen LogP contribution in [0.2, 0.25) is 0 Å². The van der Waals surface area contributed by atoms with Gasteiger partial charge in [-0.2, -0.15) is 0 Å². The number of piperidine rings is 1. The van der Waals surface area contributed by atoms with Crippen molar-refractivity contribution in [2.75, 3.05) is 62.6 Å². The van der Waals surface area contributed by atoms with Crippen molar-refractivity contribution in [3.05, 3.63) is 141 Å². The molecule has 4 amide bonds. The van der Waals surface area contributed by atoms with Crippen molar-refractivity contribution in [3.8, 4) is 28.0 Å². The maximum absolute atomic E-state index is 14.3. The number of nitrogens with zero attached hydrogens (tertiary/aromatic N) is 7. The van der Waals surface area contributed by atoms with E-state index in [0.717, 1.165) is 74.8 Å². The number of likely N-dealkylation sites (tertiary alicyclic amines) is 3. The smallest absolute Gasteiger partial charge is 0.355 e. The van der Waals surface area contributed by atoms with Gasteiger partial charge in [-0.15, -0.1) is 22.7 Å². The van der Waals surface area contributed by atoms with E-state index in [9.17, 15) is 34.2 Å². The molecule has 3 aromatic heterocycles. The van der Waals surface area contributed by atoms with Crippen LogP contribution in [-0.4, -0.2) is 146 Å². The Bertz CT molecular complexity index is 3610. The average molecular weight is 1200 g/mol. The maximum atomic E-state index is 14.3. The number of carbonyl (C=O) groups excluding carboxylic acids is 4. The van der Waals surface area contributed by atoms with Gasteiger partial charge >= 0.3 is 5.97 Å². The van der Waals surface area contributed by atoms with Gasteiger partial charge in [0.05, 0.1) is 45.6 Å². The van der Waals surface area contributed by atoms with Crippen LogP contribution in [0, 0.1) is 30.1 Å². The van der Waals surface area contributed by atoms with E-state index in [-0.39, 0.29) is 54.8 Å². The lowest BCUT2D eigenvalue weighted by Gasteiger charge is -2.47. The standard InChI is InChI=1S/C64H70N10O8S3/c1-39-55(83-38-66-39)43-20-16-41(17-21-43)33-65-59(78)51-32-46(75)36-74(51)60(79)56(64(2,3)4)69-57(76)44-25-28-72(29-26-44)45-34-71(35-45)27-8-10-40-18-22-47(23-19-40)82-31-9-15-53-54(61(80)81)68-63(85-53)73-30-24-42-11-7-12-48(49(42)37-73)58(77)70-62-67-50-13-5-6-14-52(50)84-62/h5-7,11-14,16-23,38,44-46,51,56,75H,9,15,24-37H2,1-4H3,(H,65,78)(H,69,76)(H,80,81)(H,67,70,77)/t46-,51+,56-/m1/s1. The van der Waals surface area contributed by atoms with Gasteiger partial charge in [-0.3, -0.25) is 34.3 Å². The van der Waals surface area contributed by atoms with Crippen molar-refractivity contribution in [2.24, 2.45) is 11.3 Å². The quantitative estimate of drug-likeness (QED) is 0.0403. The number of nitrogens with one attached hydrogen (secondary N) is 3. The van der Waals surface area contributed by atoms with E-state index in [1.807, 2.05) is 124 Å². The van der Waals surface area contributed by atoms with Crippen molar-refractivity contribution in [3.63, 3.8) is 0 Å². The number of anilines is 2. The second-order valence-electron chi connectivity index (χ2n) is 23.5. The van der Waals surface area contributed by atoms with E-state index < -0.39 is 29.6 Å². The summed E-state index contributed by atoms with van der Waals surface area (Å²) in [5, 5.41) is 31.1. The number of amides is 4. The Labute approximate surface area is 506 Å². The molecule has 442 valence electrons. The summed E-state index contributed by atoms with van der Waals surface area (Å²) in [6.07, 6.45) is 2.41. The first kappa shape index (κ1) is 59.2. The summed E-state index contributed by atoms with van der Waals surface area (Å²) in [6.45, 7) is 13.5. The van der Waals surface area contributed by atoms with Gasteiger partial charge in [0.25, 0.3) is 5.91 Å². The lowest BCUT2D eigenvalue weighted by Crippen LogP contribution is -2.61. The first-order valence-corrected chi connectivity index (χ1v) is 31.5. The first-order chi connectivity index (χ1) is 41.0. The highest BCUT2D eigenvalue weighted by Gasteiger charge is 2.45. The minimum Gasteiger partial charge on any atom is -0.494 e. The van der Waals surface area contributed by atoms with Crippen molar-refractivity contribution >= 4 is 84.1 Å². The van der Waals surface area contributed by atoms with E-state index in [1.165, 1.54) is 27.6 Å². The lowest BCUT2D eigenvalue weighted by molar-refractivity contribution is -0.144. The molecule has 85 heavy (non-hydrogen) atoms. The summed E-state index contributed by atoms with van der Waals surface area (Å²) in [5.41, 5.74) is 8.42. The molecule has 0 unspecified atom stereocenters. The van der Waals surface area contributed by atoms with Crippen LogP contribution in [0.4, 0.5) is 10.3 Å². The van der Waals surface area contributed by atoms with Crippen LogP contribution in [0.5, 0.6) is 5.75 Å². The molecule has 3 saturated heterocycles. The molecule has 7 heterocycles. The number of aryl methyl sites for hydroxylation is 2. The number of aliphatic hydroxyl groups excluding tert-OH is 1. The largest absolute Gasteiger partial charge is 0.494 e. The summed E-state index contributed by atoms with van der Waals surface area (Å²) in [4.78, 5) is 91.3. The fourth-order valence-corrected chi connectivity index (χ4v) is 14.4. The van der Waals surface area contributed by atoms with Crippen molar-refractivity contribution in [1.29, 1.82) is 0 Å². The number of hydrogen-bond donors (Lipinski definition) is 5. The number of thiazole rings is 3. The molecule has 3 atom stereocenters. The van der Waals surface area contributed by atoms with Crippen LogP contribution in [0.25, 0.3) is 20.7 Å². The predicted octanol–water partition coefficient (Wildman–Crippen LogP) is 8.27. The zero-order chi connectivity index (χ0) is 59.4. The van der Waals surface area contributed by atoms with Gasteiger partial charge in [0.2, 0.25) is 17.7 Å². The number of para-hydroxylation sites is 1. The van der Waals surface area contributed by atoms with Gasteiger partial charge in [0.15, 0.2) is 16.0 Å². The molecular formula is C64H70N10O8S3. The molecule has 4 aliphatic heterocycles. The van der Waals surface area contributed by atoms with Crippen molar-refractivity contribution in [1.82, 2.24) is 40.3 Å². The van der Waals surface area contributed by atoms with Crippen LogP contribution in [0.3, 0.4) is 0 Å². The van der Waals surface area contributed by atoms with Crippen molar-refractivity contribution in [2.45, 2.75) is 104 Å². The molecule has 11 rings (SSSR count). The second kappa shape index (κ2) is 26.0. The fraction of sp³-hybridized carbons (Fsp3) is 0.406. The number of carboxylic acids is 1. The molecule has 3 fully saturated rings. The summed E-state index contributed by atoms with van der Waals surface area (Å²) < 4.78 is 7.06. The molecule has 4 aromatic carbocycles. The zero-order valence-electron chi connectivity index (χ0n) is 48.1. The van der Waals surface area contributed by atoms with E-state index in [0.29, 0.717) is 90.8 Å². The van der Waals surface area contributed by atoms with Crippen LogP contribution < -0.4 is 25.6 Å². The Kier molecular flexibility index (Phi) is 18.1. The maximum Gasteiger partial charge on any atom is 0.355 e. The molecule has 0 bridgehead atoms. The Balaban J connectivity index is 0.591. The van der Waals surface area contributed by atoms with Gasteiger partial charge in [0.1, 0.15) is 17.8 Å². The molecule has 21 heteroatoms. The topological polar surface area (TPSA) is 223 Å². The summed E-state index contributed by atoms with van der Waals surface area (Å²) in [5.74, 6) is 4.89. The number of aliphatic hydroxyl groups is 1. The number of ether oxygens (including phenoxy) is 1. The molecular weight excluding hydrogens is 1130 g/mol. The number of benzene rings is 4. The third kappa shape index (κ3) is 13.9. The van der Waals surface area contributed by atoms with Crippen LogP contribution >= 0.6 is 34.0 Å². The molecule has 7 aromatic rings. The Morgan fingerprint density at radius 2 is 1.66 bits per heavy atom. The monoisotopic (exact) mass is 1200 g/mol. The highest BCUT2D eigenvalue weighted by atomic mass is 32.1. The van der Waals surface area contributed by atoms with Gasteiger partial charge in [0, 0.05) is 73.7 Å². The molecule has 0 saturated carbocycles. The summed E-state index contributed by atoms with van der Waals surface area (Å²) >= 11 is 4.39. The van der Waals surface area contributed by atoms with Crippen LogP contribution in [0.15, 0.2) is 96.5 Å². The van der Waals surface area contributed by atoms with Gasteiger partial charge in [-0.05, 0) is 122 Å². The summed E-state index contributed by atoms with van der Waals surface area (Å²) in [7, 11) is 0. The highest BCUT2D eigenvalue weighted by Crippen LogP contribution is 2.35. The van der Waals surface area contributed by atoms with E-state index in [2.05, 4.69) is 57.4 Å². The number of aromatic nitrogens is 3. The SMILES string of the molecule is Cc1ncsc1-c1ccc(CNC(=O)[C@@H]2C[C@@H](O)CN2C(=O)[C@@H](NC(=O)C2CCN(C3CN(CC#Cc4ccc(OCCCc5sc(N6CCc7cccc(C(=O)Nc8nc9ccccc9s8)c7C6)nc5C(=O)O)cc4)C3)CC2)C(C)(C)C)cc1. The highest BCUT2D eigenvalue weighted by molar-refractivity contribution is 7.22. The Morgan fingerprint density at radius 1 is 0.882 bits per heavy atom.